The third kappa shape index (κ3) is 1.89. The molecule has 2 bridgehead atoms. The van der Waals surface area contributed by atoms with E-state index in [2.05, 4.69) is 56.4 Å². The molecule has 2 fully saturated rings. The molecule has 18 heavy (non-hydrogen) atoms. The van der Waals surface area contributed by atoms with Crippen molar-refractivity contribution in [3.8, 4) is 0 Å². The van der Waals surface area contributed by atoms with E-state index >= 15 is 0 Å². The maximum absolute atomic E-state index is 3.95. The molecule has 1 aromatic carbocycles. The Balaban J connectivity index is 1.95. The Morgan fingerprint density at radius 1 is 1.17 bits per heavy atom. The summed E-state index contributed by atoms with van der Waals surface area (Å²) >= 11 is 0. The summed E-state index contributed by atoms with van der Waals surface area (Å²) in [4.78, 5) is 0. The third-order valence-electron chi connectivity index (χ3n) is 5.19. The van der Waals surface area contributed by atoms with Crippen LogP contribution in [0.5, 0.6) is 0 Å². The van der Waals surface area contributed by atoms with Crippen molar-refractivity contribution in [3.63, 3.8) is 0 Å². The van der Waals surface area contributed by atoms with Crippen LogP contribution in [0.2, 0.25) is 0 Å². The van der Waals surface area contributed by atoms with Crippen molar-refractivity contribution >= 4 is 0 Å². The maximum atomic E-state index is 3.95. The lowest BCUT2D eigenvalue weighted by Crippen LogP contribution is -2.39. The van der Waals surface area contributed by atoms with Crippen LogP contribution in [0.4, 0.5) is 0 Å². The first kappa shape index (κ1) is 12.2. The zero-order chi connectivity index (χ0) is 12.8. The first-order valence-electron chi connectivity index (χ1n) is 7.37. The highest BCUT2D eigenvalue weighted by atomic mass is 15.1. The Morgan fingerprint density at radius 3 is 2.56 bits per heavy atom. The lowest BCUT2D eigenvalue weighted by atomic mass is 9.64. The SMILES string of the molecule is CCC1CC2(C)CC(C)(C1)C(c1ccccc1)N2. The number of hydrogen-bond donors (Lipinski definition) is 1. The Morgan fingerprint density at radius 2 is 1.89 bits per heavy atom. The largest absolute Gasteiger partial charge is 0.304 e. The smallest absolute Gasteiger partial charge is 0.0379 e. The average molecular weight is 243 g/mol. The van der Waals surface area contributed by atoms with Crippen LogP contribution in [0.25, 0.3) is 0 Å². The molecule has 0 amide bonds. The number of hydrogen-bond acceptors (Lipinski definition) is 1. The van der Waals surface area contributed by atoms with Crippen molar-refractivity contribution in [2.75, 3.05) is 0 Å². The molecule has 1 aliphatic carbocycles. The molecule has 1 N–H and O–H groups in total. The minimum absolute atomic E-state index is 0.355. The second-order valence-corrected chi connectivity index (χ2v) is 7.06. The Kier molecular flexibility index (Phi) is 2.78. The summed E-state index contributed by atoms with van der Waals surface area (Å²) in [7, 11) is 0. The van der Waals surface area contributed by atoms with E-state index < -0.39 is 0 Å². The van der Waals surface area contributed by atoms with Crippen LogP contribution in [-0.4, -0.2) is 5.54 Å². The van der Waals surface area contributed by atoms with E-state index in [0.29, 0.717) is 17.0 Å². The zero-order valence-corrected chi connectivity index (χ0v) is 11.9. The molecular formula is C17H25N. The Hall–Kier alpha value is -0.820. The van der Waals surface area contributed by atoms with Gasteiger partial charge in [0.2, 0.25) is 0 Å². The predicted octanol–water partition coefficient (Wildman–Crippen LogP) is 4.31. The van der Waals surface area contributed by atoms with Crippen molar-refractivity contribution < 1.29 is 0 Å². The molecule has 0 spiro atoms. The molecule has 4 atom stereocenters. The van der Waals surface area contributed by atoms with Gasteiger partial charge in [0, 0.05) is 11.6 Å². The second kappa shape index (κ2) is 4.09. The van der Waals surface area contributed by atoms with Crippen LogP contribution >= 0.6 is 0 Å². The molecule has 0 aromatic heterocycles. The van der Waals surface area contributed by atoms with Gasteiger partial charge in [0.05, 0.1) is 0 Å². The number of nitrogens with one attached hydrogen (secondary N) is 1. The van der Waals surface area contributed by atoms with Gasteiger partial charge in [-0.05, 0) is 43.1 Å². The van der Waals surface area contributed by atoms with Gasteiger partial charge in [-0.2, -0.15) is 0 Å². The number of rotatable bonds is 2. The molecule has 1 saturated carbocycles. The van der Waals surface area contributed by atoms with Gasteiger partial charge in [0.25, 0.3) is 0 Å². The zero-order valence-electron chi connectivity index (χ0n) is 11.9. The van der Waals surface area contributed by atoms with E-state index in [1.54, 1.807) is 0 Å². The second-order valence-electron chi connectivity index (χ2n) is 7.06. The first-order chi connectivity index (χ1) is 8.55. The van der Waals surface area contributed by atoms with Crippen LogP contribution in [0.1, 0.15) is 58.1 Å². The topological polar surface area (TPSA) is 12.0 Å². The number of benzene rings is 1. The van der Waals surface area contributed by atoms with Gasteiger partial charge in [-0.1, -0.05) is 50.6 Å². The van der Waals surface area contributed by atoms with Gasteiger partial charge in [-0.3, -0.25) is 0 Å². The molecule has 1 saturated heterocycles. The molecular weight excluding hydrogens is 218 g/mol. The van der Waals surface area contributed by atoms with Gasteiger partial charge >= 0.3 is 0 Å². The van der Waals surface area contributed by atoms with Gasteiger partial charge in [0.15, 0.2) is 0 Å². The molecule has 1 heterocycles. The summed E-state index contributed by atoms with van der Waals surface area (Å²) in [5, 5.41) is 3.95. The van der Waals surface area contributed by atoms with Gasteiger partial charge < -0.3 is 5.32 Å². The molecule has 1 aromatic rings. The highest BCUT2D eigenvalue weighted by molar-refractivity contribution is 5.26. The normalized spacial score (nSPS) is 43.1. The summed E-state index contributed by atoms with van der Waals surface area (Å²) < 4.78 is 0. The molecule has 0 radical (unpaired) electrons. The van der Waals surface area contributed by atoms with Crippen LogP contribution in [0.3, 0.4) is 0 Å². The van der Waals surface area contributed by atoms with Gasteiger partial charge in [-0.15, -0.1) is 0 Å². The standard InChI is InChI=1S/C17H25N/c1-4-13-10-16(2)12-17(3,11-13)18-15(16)14-8-6-5-7-9-14/h5-9,13,15,18H,4,10-12H2,1-3H3. The van der Waals surface area contributed by atoms with Crippen LogP contribution < -0.4 is 5.32 Å². The minimum Gasteiger partial charge on any atom is -0.304 e. The Labute approximate surface area is 111 Å². The molecule has 1 nitrogen and oxygen atoms in total. The van der Waals surface area contributed by atoms with E-state index in [9.17, 15) is 0 Å². The molecule has 4 unspecified atom stereocenters. The lowest BCUT2D eigenvalue weighted by Gasteiger charge is -2.40. The van der Waals surface area contributed by atoms with Crippen molar-refractivity contribution in [2.24, 2.45) is 11.3 Å². The number of fused-ring (bicyclic) bond motifs is 2. The fourth-order valence-electron chi connectivity index (χ4n) is 4.68. The molecule has 98 valence electrons. The fourth-order valence-corrected chi connectivity index (χ4v) is 4.68. The van der Waals surface area contributed by atoms with Crippen molar-refractivity contribution in [1.82, 2.24) is 5.32 Å². The highest BCUT2D eigenvalue weighted by Gasteiger charge is 2.54. The highest BCUT2D eigenvalue weighted by Crippen LogP contribution is 2.57. The molecule has 1 aliphatic heterocycles. The van der Waals surface area contributed by atoms with Crippen LogP contribution in [-0.2, 0) is 0 Å². The van der Waals surface area contributed by atoms with Crippen molar-refractivity contribution in [3.05, 3.63) is 35.9 Å². The minimum atomic E-state index is 0.355. The summed E-state index contributed by atoms with van der Waals surface area (Å²) in [6.07, 6.45) is 5.39. The lowest BCUT2D eigenvalue weighted by molar-refractivity contribution is 0.145. The van der Waals surface area contributed by atoms with Crippen LogP contribution in [0, 0.1) is 11.3 Å². The molecule has 2 aliphatic rings. The summed E-state index contributed by atoms with van der Waals surface area (Å²) in [5.74, 6) is 0.898. The summed E-state index contributed by atoms with van der Waals surface area (Å²) in [5.41, 5.74) is 2.27. The summed E-state index contributed by atoms with van der Waals surface area (Å²) in [6.45, 7) is 7.26. The van der Waals surface area contributed by atoms with E-state index in [0.717, 1.165) is 5.92 Å². The fraction of sp³-hybridized carbons (Fsp3) is 0.647. The van der Waals surface area contributed by atoms with E-state index in [1.165, 1.54) is 31.2 Å². The first-order valence-corrected chi connectivity index (χ1v) is 7.37. The van der Waals surface area contributed by atoms with E-state index in [-0.39, 0.29) is 0 Å². The summed E-state index contributed by atoms with van der Waals surface area (Å²) in [6, 6.07) is 11.6. The van der Waals surface area contributed by atoms with Gasteiger partial charge in [0.1, 0.15) is 0 Å². The van der Waals surface area contributed by atoms with E-state index in [4.69, 9.17) is 0 Å². The molecule has 1 heteroatoms. The predicted molar refractivity (Wildman–Crippen MR) is 76.5 cm³/mol. The van der Waals surface area contributed by atoms with Crippen molar-refractivity contribution in [2.45, 2.75) is 58.0 Å². The van der Waals surface area contributed by atoms with Gasteiger partial charge in [-0.25, -0.2) is 0 Å². The average Bonchev–Trinajstić information content (AvgIpc) is 2.55. The van der Waals surface area contributed by atoms with Crippen molar-refractivity contribution in [1.29, 1.82) is 0 Å². The Bertz CT molecular complexity index is 426. The van der Waals surface area contributed by atoms with Crippen LogP contribution in [0.15, 0.2) is 30.3 Å². The monoisotopic (exact) mass is 243 g/mol. The maximum Gasteiger partial charge on any atom is 0.0379 e. The van der Waals surface area contributed by atoms with E-state index in [1.807, 2.05) is 0 Å². The quantitative estimate of drug-likeness (QED) is 0.816. The molecule has 3 rings (SSSR count). The third-order valence-corrected chi connectivity index (χ3v) is 5.19.